The number of benzene rings is 1. The van der Waals surface area contributed by atoms with Gasteiger partial charge in [0.15, 0.2) is 17.7 Å². The van der Waals surface area contributed by atoms with E-state index in [9.17, 15) is 9.50 Å². The predicted molar refractivity (Wildman–Crippen MR) is 52.7 cm³/mol. The summed E-state index contributed by atoms with van der Waals surface area (Å²) in [4.78, 5) is 0. The van der Waals surface area contributed by atoms with Crippen LogP contribution in [0, 0.1) is 17.1 Å². The molecule has 0 radical (unpaired) electrons. The van der Waals surface area contributed by atoms with Crippen molar-refractivity contribution in [1.29, 1.82) is 5.26 Å². The average Bonchev–Trinajstić information content (AvgIpc) is 2.20. The third-order valence-electron chi connectivity index (χ3n) is 1.92. The average molecular weight is 209 g/mol. The lowest BCUT2D eigenvalue weighted by atomic mass is 10.1. The summed E-state index contributed by atoms with van der Waals surface area (Å²) < 4.78 is 18.4. The van der Waals surface area contributed by atoms with E-state index in [4.69, 9.17) is 10.00 Å². The Hall–Kier alpha value is -1.60. The molecule has 0 aromatic heterocycles. The van der Waals surface area contributed by atoms with E-state index in [2.05, 4.69) is 0 Å². The third kappa shape index (κ3) is 2.93. The highest BCUT2D eigenvalue weighted by Crippen LogP contribution is 2.22. The van der Waals surface area contributed by atoms with Crippen molar-refractivity contribution in [3.05, 3.63) is 29.6 Å². The van der Waals surface area contributed by atoms with Gasteiger partial charge < -0.3 is 9.84 Å². The molecule has 3 nitrogen and oxygen atoms in total. The number of hydrogen-bond acceptors (Lipinski definition) is 3. The van der Waals surface area contributed by atoms with Crippen molar-refractivity contribution < 1.29 is 14.2 Å². The molecule has 0 aliphatic heterocycles. The van der Waals surface area contributed by atoms with Crippen molar-refractivity contribution in [2.75, 3.05) is 0 Å². The van der Waals surface area contributed by atoms with Gasteiger partial charge in [-0.05, 0) is 31.5 Å². The van der Waals surface area contributed by atoms with Crippen molar-refractivity contribution in [3.8, 4) is 11.8 Å². The fourth-order valence-electron chi connectivity index (χ4n) is 1.09. The van der Waals surface area contributed by atoms with E-state index in [1.54, 1.807) is 13.0 Å². The molecule has 15 heavy (non-hydrogen) atoms. The Morgan fingerprint density at radius 2 is 2.13 bits per heavy atom. The number of hydrogen-bond donors (Lipinski definition) is 1. The monoisotopic (exact) mass is 209 g/mol. The lowest BCUT2D eigenvalue weighted by molar-refractivity contribution is 0.198. The highest BCUT2D eigenvalue weighted by molar-refractivity contribution is 5.30. The molecule has 0 fully saturated rings. The molecular formula is C11H12FNO2. The number of aliphatic hydroxyl groups excluding tert-OH is 1. The highest BCUT2D eigenvalue weighted by atomic mass is 19.1. The van der Waals surface area contributed by atoms with Gasteiger partial charge in [0, 0.05) is 0 Å². The molecule has 0 saturated heterocycles. The third-order valence-corrected chi connectivity index (χ3v) is 1.92. The maximum Gasteiger partial charge on any atom is 0.181 e. The van der Waals surface area contributed by atoms with Crippen molar-refractivity contribution in [2.24, 2.45) is 0 Å². The standard InChI is InChI=1S/C11H12FNO2/c1-7(6-13)15-11-4-3-9(8(2)14)5-10(11)12/h3-5,7-8,14H,1-2H3/t7?,8-/m1/s1. The Labute approximate surface area is 87.7 Å². The maximum atomic E-state index is 13.4. The SMILES string of the molecule is CC(C#N)Oc1ccc([C@@H](C)O)cc1F. The fraction of sp³-hybridized carbons (Fsp3) is 0.364. The van der Waals surface area contributed by atoms with Crippen LogP contribution in [0.5, 0.6) is 5.75 Å². The van der Waals surface area contributed by atoms with Gasteiger partial charge in [-0.25, -0.2) is 4.39 Å². The quantitative estimate of drug-likeness (QED) is 0.830. The minimum atomic E-state index is -0.720. The van der Waals surface area contributed by atoms with Gasteiger partial charge in [0.2, 0.25) is 0 Å². The first-order chi connectivity index (χ1) is 7.04. The summed E-state index contributed by atoms with van der Waals surface area (Å²) in [6, 6.07) is 6.01. The molecule has 0 aliphatic carbocycles. The van der Waals surface area contributed by atoms with E-state index >= 15 is 0 Å². The summed E-state index contributed by atoms with van der Waals surface area (Å²) in [5, 5.41) is 17.7. The number of nitrogens with zero attached hydrogens (tertiary/aromatic N) is 1. The van der Waals surface area contributed by atoms with E-state index in [0.717, 1.165) is 0 Å². The zero-order chi connectivity index (χ0) is 11.4. The van der Waals surface area contributed by atoms with E-state index in [1.807, 2.05) is 6.07 Å². The predicted octanol–water partition coefficient (Wildman–Crippen LogP) is 2.17. The number of nitriles is 1. The van der Waals surface area contributed by atoms with Crippen LogP contribution in [0.25, 0.3) is 0 Å². The van der Waals surface area contributed by atoms with Gasteiger partial charge in [0.05, 0.1) is 6.10 Å². The van der Waals surface area contributed by atoms with Crippen LogP contribution in [0.1, 0.15) is 25.5 Å². The largest absolute Gasteiger partial charge is 0.473 e. The van der Waals surface area contributed by atoms with Crippen LogP contribution >= 0.6 is 0 Å². The molecular weight excluding hydrogens is 197 g/mol. The van der Waals surface area contributed by atoms with Gasteiger partial charge in [-0.1, -0.05) is 6.07 Å². The lowest BCUT2D eigenvalue weighted by Gasteiger charge is -2.10. The second-order valence-corrected chi connectivity index (χ2v) is 3.26. The Kier molecular flexibility index (Phi) is 3.64. The maximum absolute atomic E-state index is 13.4. The first-order valence-corrected chi connectivity index (χ1v) is 4.58. The second-order valence-electron chi connectivity index (χ2n) is 3.26. The zero-order valence-corrected chi connectivity index (χ0v) is 8.57. The minimum Gasteiger partial charge on any atom is -0.473 e. The van der Waals surface area contributed by atoms with Crippen LogP contribution in [-0.2, 0) is 0 Å². The molecule has 1 N–H and O–H groups in total. The first kappa shape index (κ1) is 11.5. The van der Waals surface area contributed by atoms with E-state index < -0.39 is 18.0 Å². The van der Waals surface area contributed by atoms with Gasteiger partial charge >= 0.3 is 0 Å². The number of halogens is 1. The fourth-order valence-corrected chi connectivity index (χ4v) is 1.09. The molecule has 0 aliphatic rings. The van der Waals surface area contributed by atoms with Crippen LogP contribution in [0.15, 0.2) is 18.2 Å². The van der Waals surface area contributed by atoms with Gasteiger partial charge in [0.1, 0.15) is 6.07 Å². The van der Waals surface area contributed by atoms with E-state index in [1.165, 1.54) is 19.1 Å². The highest BCUT2D eigenvalue weighted by Gasteiger charge is 2.10. The summed E-state index contributed by atoms with van der Waals surface area (Å²) in [6.07, 6.45) is -1.42. The Morgan fingerprint density at radius 3 is 2.60 bits per heavy atom. The molecule has 2 atom stereocenters. The molecule has 0 amide bonds. The summed E-state index contributed by atoms with van der Waals surface area (Å²) in [5.74, 6) is -0.552. The Balaban J connectivity index is 2.89. The van der Waals surface area contributed by atoms with Crippen molar-refractivity contribution in [1.82, 2.24) is 0 Å². The zero-order valence-electron chi connectivity index (χ0n) is 8.57. The van der Waals surface area contributed by atoms with E-state index in [-0.39, 0.29) is 5.75 Å². The van der Waals surface area contributed by atoms with Crippen LogP contribution in [0.2, 0.25) is 0 Å². The minimum absolute atomic E-state index is 0.0217. The van der Waals surface area contributed by atoms with Crippen molar-refractivity contribution in [3.63, 3.8) is 0 Å². The van der Waals surface area contributed by atoms with Crippen molar-refractivity contribution in [2.45, 2.75) is 26.1 Å². The molecule has 0 spiro atoms. The summed E-state index contributed by atoms with van der Waals surface area (Å²) in [5.41, 5.74) is 0.476. The van der Waals surface area contributed by atoms with Gasteiger partial charge in [0.25, 0.3) is 0 Å². The number of ether oxygens (including phenoxy) is 1. The lowest BCUT2D eigenvalue weighted by Crippen LogP contribution is -2.09. The van der Waals surface area contributed by atoms with Crippen LogP contribution < -0.4 is 4.74 Å². The molecule has 4 heteroatoms. The van der Waals surface area contributed by atoms with Crippen LogP contribution in [0.3, 0.4) is 0 Å². The summed E-state index contributed by atoms with van der Waals surface area (Å²) in [6.45, 7) is 3.08. The smallest absolute Gasteiger partial charge is 0.181 e. The first-order valence-electron chi connectivity index (χ1n) is 4.58. The second kappa shape index (κ2) is 4.76. The van der Waals surface area contributed by atoms with Gasteiger partial charge in [-0.3, -0.25) is 0 Å². The molecule has 1 unspecified atom stereocenters. The van der Waals surface area contributed by atoms with Crippen molar-refractivity contribution >= 4 is 0 Å². The topological polar surface area (TPSA) is 53.2 Å². The van der Waals surface area contributed by atoms with Crippen LogP contribution in [0.4, 0.5) is 4.39 Å². The number of aliphatic hydroxyl groups is 1. The van der Waals surface area contributed by atoms with Gasteiger partial charge in [-0.2, -0.15) is 5.26 Å². The molecule has 1 aromatic carbocycles. The molecule has 0 bridgehead atoms. The molecule has 1 aromatic rings. The van der Waals surface area contributed by atoms with E-state index in [0.29, 0.717) is 5.56 Å². The summed E-state index contributed by atoms with van der Waals surface area (Å²) >= 11 is 0. The Morgan fingerprint density at radius 1 is 1.47 bits per heavy atom. The molecule has 80 valence electrons. The normalized spacial score (nSPS) is 14.1. The van der Waals surface area contributed by atoms with Gasteiger partial charge in [-0.15, -0.1) is 0 Å². The van der Waals surface area contributed by atoms with Crippen LogP contribution in [-0.4, -0.2) is 11.2 Å². The molecule has 0 heterocycles. The number of rotatable bonds is 3. The molecule has 1 rings (SSSR count). The summed E-state index contributed by atoms with van der Waals surface area (Å²) in [7, 11) is 0. The Bertz CT molecular complexity index is 385. The molecule has 0 saturated carbocycles.